The van der Waals surface area contributed by atoms with Gasteiger partial charge in [-0.2, -0.15) is 0 Å². The van der Waals surface area contributed by atoms with E-state index in [1.54, 1.807) is 6.33 Å². The van der Waals surface area contributed by atoms with Gasteiger partial charge in [-0.25, -0.2) is 9.78 Å². The van der Waals surface area contributed by atoms with E-state index < -0.39 is 0 Å². The number of carbonyl (C=O) groups is 1. The zero-order valence-electron chi connectivity index (χ0n) is 10.1. The summed E-state index contributed by atoms with van der Waals surface area (Å²) in [6, 6.07) is 0.560. The summed E-state index contributed by atoms with van der Waals surface area (Å²) in [5, 5.41) is 0. The maximum absolute atomic E-state index is 11.5. The van der Waals surface area contributed by atoms with E-state index in [0.29, 0.717) is 18.3 Å². The molecule has 3 atom stereocenters. The number of nitrogens with zero attached hydrogens (tertiary/aromatic N) is 2. The first-order valence-corrected chi connectivity index (χ1v) is 6.48. The fourth-order valence-corrected chi connectivity index (χ4v) is 3.40. The molecule has 4 nitrogen and oxygen atoms in total. The summed E-state index contributed by atoms with van der Waals surface area (Å²) in [5.74, 6) is 1.39. The van der Waals surface area contributed by atoms with E-state index in [4.69, 9.17) is 4.74 Å². The monoisotopic (exact) mass is 234 g/mol. The van der Waals surface area contributed by atoms with Crippen LogP contribution in [-0.2, 0) is 4.74 Å². The Kier molecular flexibility index (Phi) is 2.65. The van der Waals surface area contributed by atoms with Crippen molar-refractivity contribution in [1.29, 1.82) is 0 Å². The van der Waals surface area contributed by atoms with Crippen molar-refractivity contribution in [3.05, 3.63) is 18.2 Å². The topological polar surface area (TPSA) is 44.1 Å². The fourth-order valence-electron chi connectivity index (χ4n) is 3.40. The number of esters is 1. The summed E-state index contributed by atoms with van der Waals surface area (Å²) in [6.45, 7) is 2.21. The van der Waals surface area contributed by atoms with Crippen LogP contribution in [0.1, 0.15) is 49.1 Å². The number of fused-ring (bicyclic) bond motifs is 2. The van der Waals surface area contributed by atoms with E-state index in [0.717, 1.165) is 11.8 Å². The van der Waals surface area contributed by atoms with Crippen molar-refractivity contribution >= 4 is 5.97 Å². The number of hydrogen-bond donors (Lipinski definition) is 0. The van der Waals surface area contributed by atoms with Gasteiger partial charge in [0.05, 0.1) is 12.9 Å². The third kappa shape index (κ3) is 1.85. The summed E-state index contributed by atoms with van der Waals surface area (Å²) in [6.07, 6.45) is 8.98. The molecule has 92 valence electrons. The molecule has 4 heteroatoms. The summed E-state index contributed by atoms with van der Waals surface area (Å²) < 4.78 is 7.07. The highest BCUT2D eigenvalue weighted by Gasteiger charge is 2.40. The van der Waals surface area contributed by atoms with E-state index in [-0.39, 0.29) is 5.97 Å². The molecule has 0 aromatic carbocycles. The normalized spacial score (nSPS) is 30.8. The zero-order chi connectivity index (χ0) is 11.8. The van der Waals surface area contributed by atoms with Crippen LogP contribution >= 0.6 is 0 Å². The first-order chi connectivity index (χ1) is 8.28. The molecule has 1 heterocycles. The Labute approximate surface area is 101 Å². The van der Waals surface area contributed by atoms with Crippen molar-refractivity contribution in [1.82, 2.24) is 9.55 Å². The van der Waals surface area contributed by atoms with Gasteiger partial charge in [-0.3, -0.25) is 0 Å². The Morgan fingerprint density at radius 1 is 1.53 bits per heavy atom. The second-order valence-corrected chi connectivity index (χ2v) is 5.17. The van der Waals surface area contributed by atoms with Gasteiger partial charge in [-0.1, -0.05) is 6.42 Å². The van der Waals surface area contributed by atoms with Crippen molar-refractivity contribution in [2.75, 3.05) is 6.61 Å². The minimum atomic E-state index is -0.311. The van der Waals surface area contributed by atoms with Crippen LogP contribution in [0.3, 0.4) is 0 Å². The van der Waals surface area contributed by atoms with E-state index in [1.165, 1.54) is 25.7 Å². The van der Waals surface area contributed by atoms with Crippen molar-refractivity contribution in [3.8, 4) is 0 Å². The quantitative estimate of drug-likeness (QED) is 0.754. The van der Waals surface area contributed by atoms with Gasteiger partial charge < -0.3 is 9.30 Å². The SMILES string of the molecule is CCOC(=O)c1cn([C@H]2C[C@@H]3CC[C@H]2C3)cn1. The lowest BCUT2D eigenvalue weighted by Crippen LogP contribution is -2.14. The van der Waals surface area contributed by atoms with Gasteiger partial charge >= 0.3 is 5.97 Å². The number of rotatable bonds is 3. The van der Waals surface area contributed by atoms with Crippen molar-refractivity contribution in [2.45, 2.75) is 38.6 Å². The first-order valence-electron chi connectivity index (χ1n) is 6.48. The number of aromatic nitrogens is 2. The molecule has 0 spiro atoms. The second kappa shape index (κ2) is 4.17. The number of hydrogen-bond acceptors (Lipinski definition) is 3. The molecule has 0 saturated heterocycles. The molecule has 2 bridgehead atoms. The Hall–Kier alpha value is -1.32. The smallest absolute Gasteiger partial charge is 0.358 e. The Bertz CT molecular complexity index is 427. The molecule has 2 aliphatic rings. The van der Waals surface area contributed by atoms with Gasteiger partial charge in [-0.05, 0) is 38.0 Å². The largest absolute Gasteiger partial charge is 0.461 e. The van der Waals surface area contributed by atoms with Gasteiger partial charge in [-0.15, -0.1) is 0 Å². The van der Waals surface area contributed by atoms with Gasteiger partial charge in [0.25, 0.3) is 0 Å². The van der Waals surface area contributed by atoms with Crippen LogP contribution in [-0.4, -0.2) is 22.1 Å². The molecule has 3 rings (SSSR count). The number of ether oxygens (including phenoxy) is 1. The predicted octanol–water partition coefficient (Wildman–Crippen LogP) is 2.42. The van der Waals surface area contributed by atoms with Crippen LogP contribution < -0.4 is 0 Å². The molecule has 0 N–H and O–H groups in total. The highest BCUT2D eigenvalue weighted by Crippen LogP contribution is 2.50. The van der Waals surface area contributed by atoms with Crippen molar-refractivity contribution < 1.29 is 9.53 Å². The summed E-state index contributed by atoms with van der Waals surface area (Å²) in [7, 11) is 0. The van der Waals surface area contributed by atoms with Gasteiger partial charge in [0, 0.05) is 12.2 Å². The maximum Gasteiger partial charge on any atom is 0.358 e. The highest BCUT2D eigenvalue weighted by atomic mass is 16.5. The van der Waals surface area contributed by atoms with Crippen molar-refractivity contribution in [2.24, 2.45) is 11.8 Å². The third-order valence-electron chi connectivity index (χ3n) is 4.17. The molecule has 17 heavy (non-hydrogen) atoms. The van der Waals surface area contributed by atoms with Crippen LogP contribution in [0, 0.1) is 11.8 Å². The lowest BCUT2D eigenvalue weighted by atomic mass is 9.95. The molecule has 0 radical (unpaired) electrons. The van der Waals surface area contributed by atoms with Crippen LogP contribution in [0.5, 0.6) is 0 Å². The molecule has 0 amide bonds. The molecule has 0 unspecified atom stereocenters. The van der Waals surface area contributed by atoms with Crippen LogP contribution in [0.4, 0.5) is 0 Å². The molecular weight excluding hydrogens is 216 g/mol. The first kappa shape index (κ1) is 10.8. The average Bonchev–Trinajstić information content (AvgIpc) is 3.05. The van der Waals surface area contributed by atoms with Crippen LogP contribution in [0.15, 0.2) is 12.5 Å². The summed E-state index contributed by atoms with van der Waals surface area (Å²) >= 11 is 0. The van der Waals surface area contributed by atoms with Crippen LogP contribution in [0.2, 0.25) is 0 Å². The lowest BCUT2D eigenvalue weighted by molar-refractivity contribution is 0.0520. The van der Waals surface area contributed by atoms with Crippen molar-refractivity contribution in [3.63, 3.8) is 0 Å². The van der Waals surface area contributed by atoms with Gasteiger partial charge in [0.2, 0.25) is 0 Å². The van der Waals surface area contributed by atoms with E-state index in [1.807, 2.05) is 13.1 Å². The minimum Gasteiger partial charge on any atom is -0.461 e. The highest BCUT2D eigenvalue weighted by molar-refractivity contribution is 5.86. The minimum absolute atomic E-state index is 0.311. The molecule has 2 aliphatic carbocycles. The molecule has 0 aliphatic heterocycles. The van der Waals surface area contributed by atoms with Gasteiger partial charge in [0.15, 0.2) is 5.69 Å². The molecule has 1 aromatic heterocycles. The molecule has 1 aromatic rings. The zero-order valence-corrected chi connectivity index (χ0v) is 10.1. The average molecular weight is 234 g/mol. The number of carbonyl (C=O) groups excluding carboxylic acids is 1. The fraction of sp³-hybridized carbons (Fsp3) is 0.692. The predicted molar refractivity (Wildman–Crippen MR) is 62.7 cm³/mol. The Balaban J connectivity index is 1.74. The second-order valence-electron chi connectivity index (χ2n) is 5.17. The van der Waals surface area contributed by atoms with E-state index >= 15 is 0 Å². The standard InChI is InChI=1S/C13H18N2O2/c1-2-17-13(16)11-7-15(8-14-11)12-6-9-3-4-10(12)5-9/h7-10,12H,2-6H2,1H3/t9-,10+,12+/m1/s1. The van der Waals surface area contributed by atoms with E-state index in [9.17, 15) is 4.79 Å². The van der Waals surface area contributed by atoms with Gasteiger partial charge in [0.1, 0.15) is 0 Å². The molecule has 2 saturated carbocycles. The van der Waals surface area contributed by atoms with Crippen LogP contribution in [0.25, 0.3) is 0 Å². The molecule has 2 fully saturated rings. The third-order valence-corrected chi connectivity index (χ3v) is 4.17. The summed E-state index contributed by atoms with van der Waals surface area (Å²) in [5.41, 5.74) is 0.439. The Morgan fingerprint density at radius 3 is 3.06 bits per heavy atom. The maximum atomic E-state index is 11.5. The Morgan fingerprint density at radius 2 is 2.41 bits per heavy atom. The lowest BCUT2D eigenvalue weighted by Gasteiger charge is -2.22. The molecular formula is C13H18N2O2. The number of imidazole rings is 1. The summed E-state index contributed by atoms with van der Waals surface area (Å²) in [4.78, 5) is 15.7. The van der Waals surface area contributed by atoms with E-state index in [2.05, 4.69) is 9.55 Å².